The topological polar surface area (TPSA) is 71.4 Å². The Bertz CT molecular complexity index is 765. The maximum absolute atomic E-state index is 13.4. The van der Waals surface area contributed by atoms with Crippen LogP contribution in [0.15, 0.2) is 10.7 Å². The molecule has 25 heavy (non-hydrogen) atoms. The van der Waals surface area contributed by atoms with Gasteiger partial charge >= 0.3 is 6.03 Å². The van der Waals surface area contributed by atoms with E-state index in [1.165, 1.54) is 0 Å². The highest BCUT2D eigenvalue weighted by molar-refractivity contribution is 9.10. The number of imide groups is 1. The van der Waals surface area contributed by atoms with E-state index in [0.717, 1.165) is 15.1 Å². The molecular weight excluding hydrogens is 400 g/mol. The summed E-state index contributed by atoms with van der Waals surface area (Å²) in [6.45, 7) is 1.41. The molecule has 1 aromatic rings. The quantitative estimate of drug-likeness (QED) is 0.606. The number of nitrogens with zero attached hydrogens (tertiary/aromatic N) is 2. The van der Waals surface area contributed by atoms with Gasteiger partial charge in [-0.3, -0.25) is 14.5 Å². The number of Topliss-reactive ketones (excluding diaryl/α,β-unsaturated/α-hetero) is 1. The SMILES string of the molecule is Cc1cc(C(=O)CN2C(=O)NC3(CCC(F)(F)CC3)C2=O)n(C)c1Br. The van der Waals surface area contributed by atoms with Crippen molar-refractivity contribution in [2.75, 3.05) is 6.54 Å². The van der Waals surface area contributed by atoms with E-state index in [2.05, 4.69) is 21.2 Å². The first-order valence-corrected chi connectivity index (χ1v) is 8.73. The van der Waals surface area contributed by atoms with Crippen LogP contribution in [0.4, 0.5) is 13.6 Å². The first kappa shape index (κ1) is 18.0. The number of amides is 3. The van der Waals surface area contributed by atoms with Crippen LogP contribution in [-0.4, -0.2) is 45.2 Å². The predicted molar refractivity (Wildman–Crippen MR) is 88.6 cm³/mol. The molecule has 1 aliphatic heterocycles. The number of aromatic nitrogens is 1. The molecule has 0 radical (unpaired) electrons. The molecule has 0 unspecified atom stereocenters. The van der Waals surface area contributed by atoms with E-state index in [4.69, 9.17) is 0 Å². The van der Waals surface area contributed by atoms with Crippen molar-refractivity contribution in [2.45, 2.75) is 44.1 Å². The van der Waals surface area contributed by atoms with Crippen LogP contribution in [0.1, 0.15) is 41.7 Å². The Labute approximate surface area is 151 Å². The van der Waals surface area contributed by atoms with Crippen molar-refractivity contribution < 1.29 is 23.2 Å². The Morgan fingerprint density at radius 3 is 2.40 bits per heavy atom. The fourth-order valence-electron chi connectivity index (χ4n) is 3.43. The third-order valence-corrected chi connectivity index (χ3v) is 6.16. The van der Waals surface area contributed by atoms with Crippen molar-refractivity contribution in [1.82, 2.24) is 14.8 Å². The standard InChI is InChI=1S/C16H18BrF2N3O3/c1-9-7-10(21(2)12(9)17)11(23)8-22-13(24)15(20-14(22)25)3-5-16(18,19)6-4-15/h7H,3-6,8H2,1-2H3,(H,20,25). The molecule has 136 valence electrons. The van der Waals surface area contributed by atoms with Gasteiger partial charge in [0.1, 0.15) is 5.54 Å². The second-order valence-electron chi connectivity index (χ2n) is 6.75. The molecule has 1 aliphatic carbocycles. The van der Waals surface area contributed by atoms with Crippen LogP contribution >= 0.6 is 15.9 Å². The molecule has 1 spiro atoms. The lowest BCUT2D eigenvalue weighted by Crippen LogP contribution is -2.51. The first-order valence-electron chi connectivity index (χ1n) is 7.93. The van der Waals surface area contributed by atoms with Crippen LogP contribution in [0.5, 0.6) is 0 Å². The van der Waals surface area contributed by atoms with E-state index in [1.54, 1.807) is 17.7 Å². The van der Waals surface area contributed by atoms with Gasteiger partial charge in [0.25, 0.3) is 5.91 Å². The number of hydrogen-bond donors (Lipinski definition) is 1. The smallest absolute Gasteiger partial charge is 0.325 e. The van der Waals surface area contributed by atoms with E-state index >= 15 is 0 Å². The second-order valence-corrected chi connectivity index (χ2v) is 7.50. The molecule has 0 atom stereocenters. The minimum Gasteiger partial charge on any atom is -0.336 e. The maximum Gasteiger partial charge on any atom is 0.325 e. The van der Waals surface area contributed by atoms with Gasteiger partial charge in [0, 0.05) is 19.9 Å². The van der Waals surface area contributed by atoms with E-state index in [-0.39, 0.29) is 12.8 Å². The van der Waals surface area contributed by atoms with Crippen molar-refractivity contribution in [3.05, 3.63) is 21.9 Å². The largest absolute Gasteiger partial charge is 0.336 e. The number of urea groups is 1. The molecule has 3 amide bonds. The van der Waals surface area contributed by atoms with Gasteiger partial charge in [-0.15, -0.1) is 0 Å². The normalized spacial score (nSPS) is 21.7. The van der Waals surface area contributed by atoms with Gasteiger partial charge in [0.15, 0.2) is 5.78 Å². The number of alkyl halides is 2. The van der Waals surface area contributed by atoms with Crippen molar-refractivity contribution in [3.8, 4) is 0 Å². The van der Waals surface area contributed by atoms with E-state index < -0.39 is 48.6 Å². The molecule has 2 fully saturated rings. The Morgan fingerprint density at radius 2 is 1.88 bits per heavy atom. The molecule has 0 aromatic carbocycles. The average Bonchev–Trinajstić information content (AvgIpc) is 2.93. The number of carbonyl (C=O) groups is 3. The number of carbonyl (C=O) groups excluding carboxylic acids is 3. The number of nitrogens with one attached hydrogen (secondary N) is 1. The molecule has 3 rings (SSSR count). The zero-order chi connectivity index (χ0) is 18.6. The van der Waals surface area contributed by atoms with Crippen molar-refractivity contribution in [3.63, 3.8) is 0 Å². The highest BCUT2D eigenvalue weighted by Gasteiger charge is 2.55. The maximum atomic E-state index is 13.4. The summed E-state index contributed by atoms with van der Waals surface area (Å²) in [4.78, 5) is 38.2. The number of hydrogen-bond acceptors (Lipinski definition) is 3. The van der Waals surface area contributed by atoms with Crippen LogP contribution in [-0.2, 0) is 11.8 Å². The molecule has 2 heterocycles. The molecule has 9 heteroatoms. The van der Waals surface area contributed by atoms with Crippen molar-refractivity contribution in [1.29, 1.82) is 0 Å². The van der Waals surface area contributed by atoms with Gasteiger partial charge in [-0.1, -0.05) is 0 Å². The van der Waals surface area contributed by atoms with Crippen LogP contribution in [0.25, 0.3) is 0 Å². The minimum absolute atomic E-state index is 0.121. The lowest BCUT2D eigenvalue weighted by atomic mass is 9.80. The van der Waals surface area contributed by atoms with Crippen LogP contribution < -0.4 is 5.32 Å². The number of halogens is 3. The molecule has 1 aromatic heterocycles. The number of rotatable bonds is 3. The highest BCUT2D eigenvalue weighted by atomic mass is 79.9. The molecule has 0 bridgehead atoms. The second kappa shape index (κ2) is 5.89. The molecule has 2 aliphatic rings. The predicted octanol–water partition coefficient (Wildman–Crippen LogP) is 2.78. The fourth-order valence-corrected chi connectivity index (χ4v) is 3.73. The van der Waals surface area contributed by atoms with Crippen LogP contribution in [0.2, 0.25) is 0 Å². The van der Waals surface area contributed by atoms with Crippen molar-refractivity contribution >= 4 is 33.7 Å². The summed E-state index contributed by atoms with van der Waals surface area (Å²) in [6.07, 6.45) is -1.15. The average molecular weight is 418 g/mol. The third-order valence-electron chi connectivity index (χ3n) is 5.00. The summed E-state index contributed by atoms with van der Waals surface area (Å²) in [7, 11) is 1.70. The van der Waals surface area contributed by atoms with Crippen molar-refractivity contribution in [2.24, 2.45) is 7.05 Å². The van der Waals surface area contributed by atoms with E-state index in [0.29, 0.717) is 5.69 Å². The Balaban J connectivity index is 1.77. The Kier molecular flexibility index (Phi) is 4.25. The van der Waals surface area contributed by atoms with Gasteiger partial charge in [0.2, 0.25) is 5.92 Å². The lowest BCUT2D eigenvalue weighted by Gasteiger charge is -2.34. The lowest BCUT2D eigenvalue weighted by molar-refractivity contribution is -0.135. The Hall–Kier alpha value is -1.77. The minimum atomic E-state index is -2.81. The molecule has 6 nitrogen and oxygen atoms in total. The van der Waals surface area contributed by atoms with Gasteiger partial charge in [-0.05, 0) is 47.3 Å². The van der Waals surface area contributed by atoms with Gasteiger partial charge in [0.05, 0.1) is 16.8 Å². The summed E-state index contributed by atoms with van der Waals surface area (Å²) < 4.78 is 29.1. The Morgan fingerprint density at radius 1 is 1.28 bits per heavy atom. The summed E-state index contributed by atoms with van der Waals surface area (Å²) in [5.74, 6) is -3.80. The fraction of sp³-hybridized carbons (Fsp3) is 0.562. The highest BCUT2D eigenvalue weighted by Crippen LogP contribution is 2.41. The molecular formula is C16H18BrF2N3O3. The molecule has 1 saturated heterocycles. The van der Waals surface area contributed by atoms with Gasteiger partial charge in [-0.2, -0.15) is 0 Å². The van der Waals surface area contributed by atoms with Gasteiger partial charge < -0.3 is 9.88 Å². The summed E-state index contributed by atoms with van der Waals surface area (Å²) in [6, 6.07) is 0.968. The third kappa shape index (κ3) is 2.98. The molecule has 1 N–H and O–H groups in total. The zero-order valence-electron chi connectivity index (χ0n) is 13.9. The monoisotopic (exact) mass is 417 g/mol. The first-order chi connectivity index (χ1) is 11.6. The summed E-state index contributed by atoms with van der Waals surface area (Å²) in [5.41, 5.74) is -0.0841. The zero-order valence-corrected chi connectivity index (χ0v) is 15.5. The summed E-state index contributed by atoms with van der Waals surface area (Å²) >= 11 is 3.35. The van der Waals surface area contributed by atoms with Crippen LogP contribution in [0.3, 0.4) is 0 Å². The van der Waals surface area contributed by atoms with E-state index in [9.17, 15) is 23.2 Å². The van der Waals surface area contributed by atoms with Crippen LogP contribution in [0, 0.1) is 6.92 Å². The summed E-state index contributed by atoms with van der Waals surface area (Å²) in [5, 5.41) is 2.53. The number of ketones is 1. The number of aryl methyl sites for hydroxylation is 1. The molecule has 1 saturated carbocycles. The van der Waals surface area contributed by atoms with Gasteiger partial charge in [-0.25, -0.2) is 13.6 Å². The van der Waals surface area contributed by atoms with E-state index in [1.807, 2.05) is 6.92 Å².